The van der Waals surface area contributed by atoms with Crippen molar-refractivity contribution in [1.82, 2.24) is 4.98 Å². The number of hydrogen-bond acceptors (Lipinski definition) is 5. The maximum atomic E-state index is 12.9. The average Bonchev–Trinajstić information content (AvgIpc) is 2.63. The first kappa shape index (κ1) is 17.9. The van der Waals surface area contributed by atoms with Gasteiger partial charge in [0.15, 0.2) is 11.5 Å². The summed E-state index contributed by atoms with van der Waals surface area (Å²) >= 11 is 0. The van der Waals surface area contributed by atoms with Crippen LogP contribution in [0.1, 0.15) is 11.1 Å². The number of methoxy groups -OCH3 is 1. The fourth-order valence-corrected chi connectivity index (χ4v) is 3.88. The smallest absolute Gasteiger partial charge is 0.340 e. The zero-order valence-electron chi connectivity index (χ0n) is 14.6. The molecule has 0 amide bonds. The molecule has 1 aromatic heterocycles. The minimum absolute atomic E-state index is 0.0726. The third-order valence-electron chi connectivity index (χ3n) is 4.01. The second-order valence-electron chi connectivity index (χ2n) is 5.80. The Morgan fingerprint density at radius 3 is 2.69 bits per heavy atom. The van der Waals surface area contributed by atoms with E-state index in [4.69, 9.17) is 8.92 Å². The molecule has 0 aliphatic rings. The maximum Gasteiger partial charge on any atom is 0.340 e. The van der Waals surface area contributed by atoms with Crippen LogP contribution in [0.3, 0.4) is 0 Å². The first-order valence-electron chi connectivity index (χ1n) is 8.03. The highest BCUT2D eigenvalue weighted by Crippen LogP contribution is 2.33. The summed E-state index contributed by atoms with van der Waals surface area (Å²) in [7, 11) is -2.58. The normalized spacial score (nSPS) is 11.3. The molecule has 134 valence electrons. The molecule has 0 N–H and O–H groups in total. The summed E-state index contributed by atoms with van der Waals surface area (Å²) in [4.78, 5) is 4.35. The molecule has 0 fully saturated rings. The molecule has 3 rings (SSSR count). The largest absolute Gasteiger partial charge is 0.493 e. The molecule has 26 heavy (non-hydrogen) atoms. The molecule has 0 saturated carbocycles. The molecule has 0 radical (unpaired) electrons. The van der Waals surface area contributed by atoms with Crippen molar-refractivity contribution in [3.63, 3.8) is 0 Å². The zero-order chi connectivity index (χ0) is 18.7. The highest BCUT2D eigenvalue weighted by atomic mass is 32.2. The van der Waals surface area contributed by atoms with Gasteiger partial charge in [-0.05, 0) is 54.8 Å². The molecule has 0 atom stereocenters. The van der Waals surface area contributed by atoms with Crippen LogP contribution < -0.4 is 8.92 Å². The monoisotopic (exact) mass is 369 g/mol. The summed E-state index contributed by atoms with van der Waals surface area (Å²) in [6, 6.07) is 11.8. The van der Waals surface area contributed by atoms with E-state index >= 15 is 0 Å². The summed E-state index contributed by atoms with van der Waals surface area (Å²) < 4.78 is 36.4. The van der Waals surface area contributed by atoms with Crippen LogP contribution in [-0.4, -0.2) is 20.5 Å². The van der Waals surface area contributed by atoms with E-state index < -0.39 is 10.1 Å². The van der Waals surface area contributed by atoms with Gasteiger partial charge in [0.05, 0.1) is 12.6 Å². The first-order chi connectivity index (χ1) is 12.5. The molecule has 3 aromatic rings. The van der Waals surface area contributed by atoms with Gasteiger partial charge in [-0.3, -0.25) is 4.98 Å². The number of fused-ring (bicyclic) bond motifs is 1. The number of hydrogen-bond donors (Lipinski definition) is 0. The summed E-state index contributed by atoms with van der Waals surface area (Å²) in [6.45, 7) is 5.58. The van der Waals surface area contributed by atoms with Gasteiger partial charge in [0.25, 0.3) is 0 Å². The third-order valence-corrected chi connectivity index (χ3v) is 5.30. The molecule has 0 spiro atoms. The fourth-order valence-electron chi connectivity index (χ4n) is 2.74. The molecule has 6 heteroatoms. The van der Waals surface area contributed by atoms with Crippen LogP contribution in [0.25, 0.3) is 10.9 Å². The van der Waals surface area contributed by atoms with E-state index in [-0.39, 0.29) is 10.6 Å². The van der Waals surface area contributed by atoms with Crippen molar-refractivity contribution in [2.24, 2.45) is 0 Å². The van der Waals surface area contributed by atoms with Crippen LogP contribution in [0.2, 0.25) is 0 Å². The SMILES string of the molecule is C=CCc1ccc(OS(=O)(=O)c2ccc(C)c3ncccc23)c(OC)c1. The maximum absolute atomic E-state index is 12.9. The zero-order valence-corrected chi connectivity index (χ0v) is 15.4. The number of aryl methyl sites for hydroxylation is 1. The predicted octanol–water partition coefficient (Wildman–Crippen LogP) is 4.05. The number of allylic oxidation sites excluding steroid dienone is 1. The number of pyridine rings is 1. The lowest BCUT2D eigenvalue weighted by Gasteiger charge is -2.13. The minimum atomic E-state index is -4.05. The Hall–Kier alpha value is -2.86. The topological polar surface area (TPSA) is 65.5 Å². The van der Waals surface area contributed by atoms with Gasteiger partial charge in [0.2, 0.25) is 0 Å². The van der Waals surface area contributed by atoms with Crippen LogP contribution in [0.4, 0.5) is 0 Å². The minimum Gasteiger partial charge on any atom is -0.493 e. The highest BCUT2D eigenvalue weighted by molar-refractivity contribution is 7.87. The third kappa shape index (κ3) is 3.41. The van der Waals surface area contributed by atoms with Crippen molar-refractivity contribution >= 4 is 21.0 Å². The molecular weight excluding hydrogens is 350 g/mol. The lowest BCUT2D eigenvalue weighted by atomic mass is 10.1. The van der Waals surface area contributed by atoms with Crippen LogP contribution >= 0.6 is 0 Å². The van der Waals surface area contributed by atoms with E-state index in [0.29, 0.717) is 23.1 Å². The fraction of sp³-hybridized carbons (Fsp3) is 0.150. The molecule has 0 bridgehead atoms. The van der Waals surface area contributed by atoms with E-state index in [1.54, 1.807) is 48.7 Å². The van der Waals surface area contributed by atoms with E-state index in [0.717, 1.165) is 11.1 Å². The molecule has 5 nitrogen and oxygen atoms in total. The summed E-state index contributed by atoms with van der Waals surface area (Å²) in [5.74, 6) is 0.486. The van der Waals surface area contributed by atoms with Gasteiger partial charge < -0.3 is 8.92 Å². The molecule has 0 aliphatic heterocycles. The van der Waals surface area contributed by atoms with Gasteiger partial charge in [0.1, 0.15) is 4.90 Å². The molecule has 2 aromatic carbocycles. The lowest BCUT2D eigenvalue weighted by molar-refractivity contribution is 0.390. The second-order valence-corrected chi connectivity index (χ2v) is 7.31. The highest BCUT2D eigenvalue weighted by Gasteiger charge is 2.22. The van der Waals surface area contributed by atoms with Crippen LogP contribution in [-0.2, 0) is 16.5 Å². The summed E-state index contributed by atoms with van der Waals surface area (Å²) in [6.07, 6.45) is 4.04. The Kier molecular flexibility index (Phi) is 4.95. The van der Waals surface area contributed by atoms with Gasteiger partial charge in [-0.15, -0.1) is 6.58 Å². The summed E-state index contributed by atoms with van der Waals surface area (Å²) in [5.41, 5.74) is 2.47. The quantitative estimate of drug-likeness (QED) is 0.484. The second kappa shape index (κ2) is 7.17. The van der Waals surface area contributed by atoms with E-state index in [9.17, 15) is 8.42 Å². The lowest BCUT2D eigenvalue weighted by Crippen LogP contribution is -2.11. The van der Waals surface area contributed by atoms with Crippen LogP contribution in [0.15, 0.2) is 66.2 Å². The Labute approximate surface area is 153 Å². The van der Waals surface area contributed by atoms with Gasteiger partial charge in [0, 0.05) is 11.6 Å². The number of aromatic nitrogens is 1. The Morgan fingerprint density at radius 2 is 1.96 bits per heavy atom. The predicted molar refractivity (Wildman–Crippen MR) is 101 cm³/mol. The van der Waals surface area contributed by atoms with Crippen molar-refractivity contribution in [3.05, 3.63) is 72.4 Å². The van der Waals surface area contributed by atoms with Crippen LogP contribution in [0.5, 0.6) is 11.5 Å². The van der Waals surface area contributed by atoms with Crippen molar-refractivity contribution < 1.29 is 17.3 Å². The molecule has 0 saturated heterocycles. The van der Waals surface area contributed by atoms with Crippen LogP contribution in [0, 0.1) is 6.92 Å². The molecule has 0 aliphatic carbocycles. The standard InChI is InChI=1S/C20H19NO4S/c1-4-6-15-9-10-17(18(13-15)24-3)25-26(22,23)19-11-8-14(2)20-16(19)7-5-12-21-20/h4-5,7-13H,1,6H2,2-3H3. The Bertz CT molecular complexity index is 1070. The summed E-state index contributed by atoms with van der Waals surface area (Å²) in [5, 5.41) is 0.523. The molecule has 0 unspecified atom stereocenters. The Morgan fingerprint density at radius 1 is 1.15 bits per heavy atom. The van der Waals surface area contributed by atoms with Gasteiger partial charge in [-0.2, -0.15) is 8.42 Å². The van der Waals surface area contributed by atoms with E-state index in [2.05, 4.69) is 11.6 Å². The van der Waals surface area contributed by atoms with Crippen molar-refractivity contribution in [1.29, 1.82) is 0 Å². The van der Waals surface area contributed by atoms with E-state index in [1.807, 2.05) is 6.92 Å². The van der Waals surface area contributed by atoms with Gasteiger partial charge >= 0.3 is 10.1 Å². The number of ether oxygens (including phenoxy) is 1. The molecular formula is C20H19NO4S. The van der Waals surface area contributed by atoms with E-state index in [1.165, 1.54) is 13.2 Å². The Balaban J connectivity index is 2.06. The van der Waals surface area contributed by atoms with Crippen molar-refractivity contribution in [3.8, 4) is 11.5 Å². The van der Waals surface area contributed by atoms with Gasteiger partial charge in [-0.25, -0.2) is 0 Å². The van der Waals surface area contributed by atoms with Crippen molar-refractivity contribution in [2.45, 2.75) is 18.2 Å². The number of nitrogens with zero attached hydrogens (tertiary/aromatic N) is 1. The van der Waals surface area contributed by atoms with Gasteiger partial charge in [-0.1, -0.05) is 18.2 Å². The molecule has 1 heterocycles. The number of benzene rings is 2. The van der Waals surface area contributed by atoms with Crippen molar-refractivity contribution in [2.75, 3.05) is 7.11 Å². The average molecular weight is 369 g/mol. The first-order valence-corrected chi connectivity index (χ1v) is 9.43. The number of rotatable bonds is 6.